The molecule has 1 aromatic carbocycles. The molecule has 0 fully saturated rings. The third kappa shape index (κ3) is 6.29. The predicted octanol–water partition coefficient (Wildman–Crippen LogP) is 3.54. The molecule has 0 amide bonds. The van der Waals surface area contributed by atoms with Crippen molar-refractivity contribution in [1.82, 2.24) is 10.1 Å². The zero-order valence-corrected chi connectivity index (χ0v) is 14.6. The van der Waals surface area contributed by atoms with Crippen LogP contribution < -0.4 is 4.74 Å². The molecular weight excluding hydrogens is 363 g/mol. The lowest BCUT2D eigenvalue weighted by molar-refractivity contribution is -0.141. The maximum absolute atomic E-state index is 11.6. The average Bonchev–Trinajstić information content (AvgIpc) is 2.91. The first-order chi connectivity index (χ1) is 11.0. The van der Waals surface area contributed by atoms with E-state index in [1.54, 1.807) is 25.1 Å². The largest absolute Gasteiger partial charge is 0.488 e. The van der Waals surface area contributed by atoms with E-state index < -0.39 is 0 Å². The third-order valence-corrected chi connectivity index (χ3v) is 3.95. The molecule has 0 aliphatic carbocycles. The number of ether oxygens (including phenoxy) is 2. The van der Waals surface area contributed by atoms with Crippen LogP contribution in [0.3, 0.4) is 0 Å². The molecule has 0 atom stereocenters. The van der Waals surface area contributed by atoms with Gasteiger partial charge in [0.25, 0.3) is 0 Å². The number of rotatable bonds is 8. The Morgan fingerprint density at radius 1 is 1.35 bits per heavy atom. The van der Waals surface area contributed by atoms with Crippen LogP contribution >= 0.6 is 35.0 Å². The van der Waals surface area contributed by atoms with Crippen molar-refractivity contribution in [3.8, 4) is 5.75 Å². The van der Waals surface area contributed by atoms with Crippen molar-refractivity contribution in [1.29, 1.82) is 0 Å². The second kappa shape index (κ2) is 9.00. The number of carbonyl (C=O) groups excluding carboxylic acids is 1. The highest BCUT2D eigenvalue weighted by Gasteiger charge is 2.07. The average molecular weight is 377 g/mol. The number of hydrogen-bond acceptors (Lipinski definition) is 7. The van der Waals surface area contributed by atoms with E-state index in [0.717, 1.165) is 0 Å². The number of thioether (sulfide) groups is 1. The molecule has 0 spiro atoms. The summed E-state index contributed by atoms with van der Waals surface area (Å²) < 4.78 is 15.3. The van der Waals surface area contributed by atoms with Crippen LogP contribution in [0.15, 0.2) is 22.7 Å². The molecule has 124 valence electrons. The van der Waals surface area contributed by atoms with Gasteiger partial charge >= 0.3 is 5.97 Å². The maximum atomic E-state index is 11.6. The second-order valence-corrected chi connectivity index (χ2v) is 6.20. The van der Waals surface area contributed by atoms with Crippen molar-refractivity contribution in [3.05, 3.63) is 40.0 Å². The minimum atomic E-state index is -0.332. The number of esters is 1. The van der Waals surface area contributed by atoms with E-state index in [9.17, 15) is 4.79 Å². The van der Waals surface area contributed by atoms with E-state index in [1.807, 2.05) is 0 Å². The predicted molar refractivity (Wildman–Crippen MR) is 88.1 cm³/mol. The summed E-state index contributed by atoms with van der Waals surface area (Å²) in [6.07, 6.45) is 0. The zero-order valence-electron chi connectivity index (χ0n) is 12.3. The highest BCUT2D eigenvalue weighted by atomic mass is 35.5. The van der Waals surface area contributed by atoms with E-state index in [4.69, 9.17) is 37.2 Å². The van der Waals surface area contributed by atoms with Crippen LogP contribution in [-0.2, 0) is 15.3 Å². The number of aryl methyl sites for hydroxylation is 1. The Kier molecular flexibility index (Phi) is 7.01. The van der Waals surface area contributed by atoms with Crippen LogP contribution in [0.4, 0.5) is 0 Å². The SMILES string of the molecule is Cc1nc(CSCC(=O)OCCOc2ccc(Cl)cc2Cl)no1. The Labute approximate surface area is 147 Å². The van der Waals surface area contributed by atoms with Crippen LogP contribution in [0.2, 0.25) is 10.0 Å². The highest BCUT2D eigenvalue weighted by molar-refractivity contribution is 7.99. The first kappa shape index (κ1) is 17.9. The van der Waals surface area contributed by atoms with Crippen molar-refractivity contribution in [2.75, 3.05) is 19.0 Å². The first-order valence-corrected chi connectivity index (χ1v) is 8.56. The van der Waals surface area contributed by atoms with Gasteiger partial charge in [-0.3, -0.25) is 4.79 Å². The van der Waals surface area contributed by atoms with E-state index in [-0.39, 0.29) is 24.9 Å². The standard InChI is InChI=1S/C14H14Cl2N2O4S/c1-9-17-13(18-22-9)7-23-8-14(19)21-5-4-20-12-3-2-10(15)6-11(12)16/h2-3,6H,4-5,7-8H2,1H3. The summed E-state index contributed by atoms with van der Waals surface area (Å²) in [5, 5.41) is 4.68. The van der Waals surface area contributed by atoms with Gasteiger partial charge in [-0.1, -0.05) is 28.4 Å². The molecule has 0 saturated carbocycles. The van der Waals surface area contributed by atoms with E-state index in [1.165, 1.54) is 11.8 Å². The minimum Gasteiger partial charge on any atom is -0.488 e. The molecule has 0 aliphatic heterocycles. The molecule has 2 rings (SSSR count). The smallest absolute Gasteiger partial charge is 0.316 e. The fourth-order valence-corrected chi connectivity index (χ4v) is 2.68. The summed E-state index contributed by atoms with van der Waals surface area (Å²) in [6.45, 7) is 2.06. The third-order valence-electron chi connectivity index (χ3n) is 2.52. The van der Waals surface area contributed by atoms with Gasteiger partial charge in [0.15, 0.2) is 5.82 Å². The molecule has 23 heavy (non-hydrogen) atoms. The number of hydrogen-bond donors (Lipinski definition) is 0. The number of nitrogens with zero attached hydrogens (tertiary/aromatic N) is 2. The van der Waals surface area contributed by atoms with Crippen LogP contribution in [-0.4, -0.2) is 35.1 Å². The van der Waals surface area contributed by atoms with Gasteiger partial charge in [-0.2, -0.15) is 4.98 Å². The van der Waals surface area contributed by atoms with Gasteiger partial charge in [0.05, 0.1) is 16.5 Å². The summed E-state index contributed by atoms with van der Waals surface area (Å²) in [5.74, 6) is 1.91. The molecular formula is C14H14Cl2N2O4S. The molecule has 0 unspecified atom stereocenters. The van der Waals surface area contributed by atoms with Gasteiger partial charge in [0.2, 0.25) is 5.89 Å². The van der Waals surface area contributed by atoms with E-state index in [2.05, 4.69) is 10.1 Å². The molecule has 0 N–H and O–H groups in total. The van der Waals surface area contributed by atoms with E-state index >= 15 is 0 Å². The second-order valence-electron chi connectivity index (χ2n) is 4.37. The Bertz CT molecular complexity index is 666. The van der Waals surface area contributed by atoms with Gasteiger partial charge in [0.1, 0.15) is 19.0 Å². The van der Waals surface area contributed by atoms with Crippen molar-refractivity contribution in [3.63, 3.8) is 0 Å². The summed E-state index contributed by atoms with van der Waals surface area (Å²) >= 11 is 13.1. The Balaban J connectivity index is 1.59. The maximum Gasteiger partial charge on any atom is 0.316 e. The molecule has 0 bridgehead atoms. The fourth-order valence-electron chi connectivity index (χ4n) is 1.57. The van der Waals surface area contributed by atoms with Gasteiger partial charge in [0, 0.05) is 11.9 Å². The quantitative estimate of drug-likeness (QED) is 0.515. The lowest BCUT2D eigenvalue weighted by atomic mass is 10.3. The van der Waals surface area contributed by atoms with Crippen LogP contribution in [0, 0.1) is 6.92 Å². The van der Waals surface area contributed by atoms with Gasteiger partial charge < -0.3 is 14.0 Å². The summed E-state index contributed by atoms with van der Waals surface area (Å²) in [6, 6.07) is 4.92. The van der Waals surface area contributed by atoms with Crippen LogP contribution in [0.5, 0.6) is 5.75 Å². The van der Waals surface area contributed by atoms with Crippen molar-refractivity contribution < 1.29 is 18.8 Å². The fraction of sp³-hybridized carbons (Fsp3) is 0.357. The molecule has 0 radical (unpaired) electrons. The monoisotopic (exact) mass is 376 g/mol. The Morgan fingerprint density at radius 3 is 2.87 bits per heavy atom. The van der Waals surface area contributed by atoms with E-state index in [0.29, 0.717) is 33.3 Å². The lowest BCUT2D eigenvalue weighted by Gasteiger charge is -2.08. The van der Waals surface area contributed by atoms with Gasteiger partial charge in [-0.25, -0.2) is 0 Å². The topological polar surface area (TPSA) is 74.5 Å². The summed E-state index contributed by atoms with van der Waals surface area (Å²) in [7, 11) is 0. The summed E-state index contributed by atoms with van der Waals surface area (Å²) in [5.41, 5.74) is 0. The molecule has 1 aromatic heterocycles. The highest BCUT2D eigenvalue weighted by Crippen LogP contribution is 2.27. The zero-order chi connectivity index (χ0) is 16.7. The number of halogens is 2. The Morgan fingerprint density at radius 2 is 2.17 bits per heavy atom. The van der Waals surface area contributed by atoms with Crippen LogP contribution in [0.1, 0.15) is 11.7 Å². The first-order valence-electron chi connectivity index (χ1n) is 6.65. The number of benzene rings is 1. The normalized spacial score (nSPS) is 10.6. The number of carbonyl (C=O) groups is 1. The molecule has 0 aliphatic rings. The number of aromatic nitrogens is 2. The van der Waals surface area contributed by atoms with Gasteiger partial charge in [-0.05, 0) is 18.2 Å². The minimum absolute atomic E-state index is 0.139. The van der Waals surface area contributed by atoms with Crippen molar-refractivity contribution in [2.45, 2.75) is 12.7 Å². The molecule has 1 heterocycles. The molecule has 0 saturated heterocycles. The lowest BCUT2D eigenvalue weighted by Crippen LogP contribution is -2.14. The molecule has 9 heteroatoms. The molecule has 6 nitrogen and oxygen atoms in total. The summed E-state index contributed by atoms with van der Waals surface area (Å²) in [4.78, 5) is 15.6. The van der Waals surface area contributed by atoms with Crippen molar-refractivity contribution >= 4 is 40.9 Å². The Hall–Kier alpha value is -1.44. The van der Waals surface area contributed by atoms with Gasteiger partial charge in [-0.15, -0.1) is 11.8 Å². The van der Waals surface area contributed by atoms with Crippen LogP contribution in [0.25, 0.3) is 0 Å². The van der Waals surface area contributed by atoms with Crippen molar-refractivity contribution in [2.24, 2.45) is 0 Å². The molecule has 2 aromatic rings.